The van der Waals surface area contributed by atoms with E-state index in [-0.39, 0.29) is 17.1 Å². The van der Waals surface area contributed by atoms with Crippen molar-refractivity contribution in [3.05, 3.63) is 94.5 Å². The lowest BCUT2D eigenvalue weighted by Gasteiger charge is -2.18. The summed E-state index contributed by atoms with van der Waals surface area (Å²) in [5.74, 6) is 0.599. The number of hydrogen-bond acceptors (Lipinski definition) is 5. The molecule has 1 amide bonds. The van der Waals surface area contributed by atoms with Crippen molar-refractivity contribution in [3.63, 3.8) is 0 Å². The summed E-state index contributed by atoms with van der Waals surface area (Å²) < 4.78 is 1.93. The van der Waals surface area contributed by atoms with Crippen LogP contribution < -0.4 is 5.43 Å². The van der Waals surface area contributed by atoms with Gasteiger partial charge in [-0.25, -0.2) is 5.43 Å². The number of hydrazone groups is 1. The Morgan fingerprint density at radius 2 is 1.67 bits per heavy atom. The van der Waals surface area contributed by atoms with Crippen molar-refractivity contribution in [3.8, 4) is 17.1 Å². The summed E-state index contributed by atoms with van der Waals surface area (Å²) >= 11 is 7.39. The predicted molar refractivity (Wildman–Crippen MR) is 148 cm³/mol. The number of rotatable bonds is 7. The van der Waals surface area contributed by atoms with Crippen LogP contribution in [-0.4, -0.2) is 32.6 Å². The van der Waals surface area contributed by atoms with Crippen molar-refractivity contribution in [1.82, 2.24) is 20.2 Å². The first-order valence-electron chi connectivity index (χ1n) is 11.5. The lowest BCUT2D eigenvalue weighted by molar-refractivity contribution is -0.118. The summed E-state index contributed by atoms with van der Waals surface area (Å²) in [6, 6.07) is 23.7. The third kappa shape index (κ3) is 6.42. The van der Waals surface area contributed by atoms with Gasteiger partial charge in [0.25, 0.3) is 5.91 Å². The van der Waals surface area contributed by atoms with Crippen molar-refractivity contribution in [2.75, 3.05) is 5.75 Å². The molecular weight excluding hydrogens is 490 g/mol. The summed E-state index contributed by atoms with van der Waals surface area (Å²) in [5, 5.41) is 14.1. The van der Waals surface area contributed by atoms with Crippen LogP contribution in [0.25, 0.3) is 17.1 Å². The number of aromatic nitrogens is 3. The maximum atomic E-state index is 12.5. The van der Waals surface area contributed by atoms with E-state index in [0.29, 0.717) is 16.0 Å². The topological polar surface area (TPSA) is 72.2 Å². The van der Waals surface area contributed by atoms with Crippen molar-refractivity contribution in [2.45, 2.75) is 38.3 Å². The number of carbonyl (C=O) groups excluding carboxylic acids is 1. The zero-order valence-corrected chi connectivity index (χ0v) is 22.3. The van der Waals surface area contributed by atoms with Crippen LogP contribution in [0.2, 0.25) is 5.02 Å². The molecule has 184 valence electrons. The van der Waals surface area contributed by atoms with Crippen LogP contribution >= 0.6 is 23.4 Å². The van der Waals surface area contributed by atoms with Crippen LogP contribution in [0.5, 0.6) is 0 Å². The van der Waals surface area contributed by atoms with Crippen LogP contribution in [0, 0.1) is 6.92 Å². The van der Waals surface area contributed by atoms with Gasteiger partial charge in [0, 0.05) is 16.3 Å². The molecular formula is C28H28ClN5OS. The highest BCUT2D eigenvalue weighted by molar-refractivity contribution is 7.99. The van der Waals surface area contributed by atoms with Gasteiger partial charge in [-0.15, -0.1) is 10.2 Å². The molecule has 1 heterocycles. The van der Waals surface area contributed by atoms with E-state index in [9.17, 15) is 4.79 Å². The normalized spacial score (nSPS) is 11.7. The number of nitrogens with one attached hydrogen (secondary N) is 1. The minimum atomic E-state index is -0.231. The Morgan fingerprint density at radius 1 is 1.00 bits per heavy atom. The van der Waals surface area contributed by atoms with Crippen molar-refractivity contribution < 1.29 is 4.79 Å². The van der Waals surface area contributed by atoms with E-state index in [1.165, 1.54) is 17.3 Å². The lowest BCUT2D eigenvalue weighted by Crippen LogP contribution is -2.20. The third-order valence-electron chi connectivity index (χ3n) is 5.54. The summed E-state index contributed by atoms with van der Waals surface area (Å²) in [7, 11) is 0. The number of benzene rings is 3. The van der Waals surface area contributed by atoms with E-state index in [2.05, 4.69) is 53.6 Å². The highest BCUT2D eigenvalue weighted by atomic mass is 35.5. The Morgan fingerprint density at radius 3 is 2.31 bits per heavy atom. The summed E-state index contributed by atoms with van der Waals surface area (Å²) in [6.45, 7) is 8.55. The lowest BCUT2D eigenvalue weighted by atomic mass is 9.87. The number of nitrogens with zero attached hydrogens (tertiary/aromatic N) is 4. The Bertz CT molecular complexity index is 1360. The second-order valence-corrected chi connectivity index (χ2v) is 10.8. The first-order valence-corrected chi connectivity index (χ1v) is 12.9. The summed E-state index contributed by atoms with van der Waals surface area (Å²) in [6.07, 6.45) is 1.64. The van der Waals surface area contributed by atoms with E-state index < -0.39 is 0 Å². The molecule has 0 bridgehead atoms. The zero-order valence-electron chi connectivity index (χ0n) is 20.7. The first kappa shape index (κ1) is 25.7. The molecule has 0 spiro atoms. The Balaban J connectivity index is 1.46. The van der Waals surface area contributed by atoms with Gasteiger partial charge in [0.05, 0.1) is 12.0 Å². The molecule has 0 saturated carbocycles. The molecule has 0 atom stereocenters. The maximum Gasteiger partial charge on any atom is 0.250 e. The number of aryl methyl sites for hydroxylation is 1. The van der Waals surface area contributed by atoms with Gasteiger partial charge in [0.2, 0.25) is 0 Å². The highest BCUT2D eigenvalue weighted by Gasteiger charge is 2.17. The molecule has 1 aromatic heterocycles. The molecule has 3 aromatic carbocycles. The fraction of sp³-hybridized carbons (Fsp3) is 0.214. The van der Waals surface area contributed by atoms with Crippen LogP contribution in [0.4, 0.5) is 0 Å². The Hall–Kier alpha value is -3.42. The van der Waals surface area contributed by atoms with Crippen molar-refractivity contribution in [1.29, 1.82) is 0 Å². The third-order valence-corrected chi connectivity index (χ3v) is 6.72. The summed E-state index contributed by atoms with van der Waals surface area (Å²) in [5.41, 5.74) is 7.80. The van der Waals surface area contributed by atoms with E-state index in [0.717, 1.165) is 22.4 Å². The van der Waals surface area contributed by atoms with Crippen molar-refractivity contribution >= 4 is 35.5 Å². The van der Waals surface area contributed by atoms with Gasteiger partial charge in [-0.1, -0.05) is 98.2 Å². The van der Waals surface area contributed by atoms with E-state index >= 15 is 0 Å². The number of hydrogen-bond donors (Lipinski definition) is 1. The Labute approximate surface area is 220 Å². The fourth-order valence-corrected chi connectivity index (χ4v) is 4.36. The molecule has 0 radical (unpaired) electrons. The molecule has 0 unspecified atom stereocenters. The number of amides is 1. The molecule has 0 aliphatic rings. The second-order valence-electron chi connectivity index (χ2n) is 9.44. The van der Waals surface area contributed by atoms with Crippen LogP contribution in [0.3, 0.4) is 0 Å². The first-order chi connectivity index (χ1) is 17.2. The molecule has 0 aliphatic carbocycles. The van der Waals surface area contributed by atoms with Crippen LogP contribution in [-0.2, 0) is 10.2 Å². The molecule has 0 saturated heterocycles. The number of carbonyl (C=O) groups is 1. The molecule has 36 heavy (non-hydrogen) atoms. The molecule has 0 fully saturated rings. The van der Waals surface area contributed by atoms with Gasteiger partial charge in [-0.05, 0) is 47.7 Å². The molecule has 1 N–H and O–H groups in total. The highest BCUT2D eigenvalue weighted by Crippen LogP contribution is 2.29. The van der Waals surface area contributed by atoms with E-state index in [1.807, 2.05) is 72.2 Å². The molecule has 6 nitrogen and oxygen atoms in total. The van der Waals surface area contributed by atoms with Gasteiger partial charge in [-0.3, -0.25) is 9.36 Å². The van der Waals surface area contributed by atoms with Gasteiger partial charge < -0.3 is 0 Å². The van der Waals surface area contributed by atoms with Gasteiger partial charge in [-0.2, -0.15) is 5.10 Å². The SMILES string of the molecule is Cc1ccc(-c2nnc(SCC(=O)N/N=C\c3ccc(C(C)(C)C)cc3)n2-c2ccc(Cl)cc2)cc1. The number of halogens is 1. The average molecular weight is 518 g/mol. The minimum Gasteiger partial charge on any atom is -0.272 e. The maximum absolute atomic E-state index is 12.5. The standard InChI is InChI=1S/C28H28ClN5OS/c1-19-5-9-21(10-6-19)26-32-33-27(34(26)24-15-13-23(29)14-16-24)36-18-25(35)31-30-17-20-7-11-22(12-8-20)28(2,3)4/h5-17H,18H2,1-4H3,(H,31,35)/b30-17-. The average Bonchev–Trinajstić information content (AvgIpc) is 3.27. The van der Waals surface area contributed by atoms with Crippen LogP contribution in [0.1, 0.15) is 37.5 Å². The Kier molecular flexibility index (Phi) is 7.91. The van der Waals surface area contributed by atoms with Gasteiger partial charge in [0.1, 0.15) is 0 Å². The van der Waals surface area contributed by atoms with Crippen molar-refractivity contribution in [2.24, 2.45) is 5.10 Å². The molecule has 4 aromatic rings. The quantitative estimate of drug-likeness (QED) is 0.174. The second kappa shape index (κ2) is 11.1. The smallest absolute Gasteiger partial charge is 0.250 e. The largest absolute Gasteiger partial charge is 0.272 e. The molecule has 0 aliphatic heterocycles. The predicted octanol–water partition coefficient (Wildman–Crippen LogP) is 6.44. The van der Waals surface area contributed by atoms with Crippen LogP contribution in [0.15, 0.2) is 83.1 Å². The monoisotopic (exact) mass is 517 g/mol. The van der Waals surface area contributed by atoms with Gasteiger partial charge >= 0.3 is 0 Å². The molecule has 8 heteroatoms. The van der Waals surface area contributed by atoms with E-state index in [4.69, 9.17) is 11.6 Å². The van der Waals surface area contributed by atoms with Gasteiger partial charge in [0.15, 0.2) is 11.0 Å². The molecule has 4 rings (SSSR count). The number of thioether (sulfide) groups is 1. The van der Waals surface area contributed by atoms with E-state index in [1.54, 1.807) is 6.21 Å². The minimum absolute atomic E-state index is 0.0903. The zero-order chi connectivity index (χ0) is 25.7. The summed E-state index contributed by atoms with van der Waals surface area (Å²) in [4.78, 5) is 12.5. The fourth-order valence-electron chi connectivity index (χ4n) is 3.49.